The first-order valence-corrected chi connectivity index (χ1v) is 9.92. The lowest BCUT2D eigenvalue weighted by molar-refractivity contribution is 0.104. The summed E-state index contributed by atoms with van der Waals surface area (Å²) >= 11 is 1.42. The Labute approximate surface area is 167 Å². The van der Waals surface area contributed by atoms with Gasteiger partial charge in [0.1, 0.15) is 0 Å². The van der Waals surface area contributed by atoms with Crippen LogP contribution in [0, 0.1) is 0 Å². The maximum absolute atomic E-state index is 12.8. The number of fused-ring (bicyclic) bond motifs is 1. The summed E-state index contributed by atoms with van der Waals surface area (Å²) in [7, 11) is 0. The first kappa shape index (κ1) is 18.1. The van der Waals surface area contributed by atoms with Gasteiger partial charge in [0.2, 0.25) is 5.78 Å². The third-order valence-electron chi connectivity index (χ3n) is 4.61. The summed E-state index contributed by atoms with van der Waals surface area (Å²) in [6.45, 7) is 4.93. The molecule has 0 unspecified atom stereocenters. The van der Waals surface area contributed by atoms with Crippen LogP contribution >= 0.6 is 11.3 Å². The minimum absolute atomic E-state index is 0.0492. The van der Waals surface area contributed by atoms with Crippen molar-refractivity contribution in [3.63, 3.8) is 0 Å². The number of hydrogen-bond acceptors (Lipinski definition) is 5. The highest BCUT2D eigenvalue weighted by Gasteiger charge is 2.18. The molecule has 0 aliphatic rings. The molecule has 4 aromatic rings. The van der Waals surface area contributed by atoms with E-state index in [-0.39, 0.29) is 5.78 Å². The highest BCUT2D eigenvalue weighted by molar-refractivity contribution is 7.12. The van der Waals surface area contributed by atoms with Crippen LogP contribution in [-0.2, 0) is 0 Å². The summed E-state index contributed by atoms with van der Waals surface area (Å²) in [6.07, 6.45) is 5.42. The number of anilines is 1. The van der Waals surface area contributed by atoms with Gasteiger partial charge in [0.15, 0.2) is 5.65 Å². The Kier molecular flexibility index (Phi) is 5.04. The molecule has 3 heterocycles. The lowest BCUT2D eigenvalue weighted by Gasteiger charge is -2.10. The van der Waals surface area contributed by atoms with Crippen LogP contribution in [0.1, 0.15) is 29.1 Å². The molecule has 0 bridgehead atoms. The summed E-state index contributed by atoms with van der Waals surface area (Å²) in [4.78, 5) is 17.9. The summed E-state index contributed by atoms with van der Waals surface area (Å²) in [6, 6.07) is 13.8. The van der Waals surface area contributed by atoms with Gasteiger partial charge in [-0.15, -0.1) is 11.3 Å². The number of benzene rings is 1. The summed E-state index contributed by atoms with van der Waals surface area (Å²) in [5.41, 5.74) is 5.29. The molecule has 28 heavy (non-hydrogen) atoms. The van der Waals surface area contributed by atoms with E-state index >= 15 is 0 Å². The molecule has 3 aromatic heterocycles. The second-order valence-corrected chi connectivity index (χ2v) is 7.45. The fourth-order valence-corrected chi connectivity index (χ4v) is 3.62. The molecule has 0 atom stereocenters. The average molecular weight is 388 g/mol. The normalized spacial score (nSPS) is 11.7. The van der Waals surface area contributed by atoms with Crippen molar-refractivity contribution >= 4 is 28.5 Å². The van der Waals surface area contributed by atoms with E-state index in [9.17, 15) is 4.79 Å². The molecule has 0 aliphatic carbocycles. The topological polar surface area (TPSA) is 59.3 Å². The first-order chi connectivity index (χ1) is 13.7. The monoisotopic (exact) mass is 388 g/mol. The first-order valence-electron chi connectivity index (χ1n) is 9.04. The highest BCUT2D eigenvalue weighted by Crippen LogP contribution is 2.25. The van der Waals surface area contributed by atoms with Crippen molar-refractivity contribution in [1.29, 1.82) is 0 Å². The second-order valence-electron chi connectivity index (χ2n) is 6.50. The quantitative estimate of drug-likeness (QED) is 0.370. The predicted molar refractivity (Wildman–Crippen MR) is 114 cm³/mol. The van der Waals surface area contributed by atoms with E-state index in [1.807, 2.05) is 48.7 Å². The standard InChI is InChI=1S/C22H20N4OS/c1-3-15(2)13-24-17-7-4-6-16(12-17)19-9-10-23-22-18(14-25-26(19)22)21(27)20-8-5-11-28-20/h3-12,14,24H,13H2,1-2H3. The molecule has 0 radical (unpaired) electrons. The third-order valence-corrected chi connectivity index (χ3v) is 5.48. The molecule has 6 heteroatoms. The number of hydrogen-bond donors (Lipinski definition) is 1. The Morgan fingerprint density at radius 2 is 2.14 bits per heavy atom. The van der Waals surface area contributed by atoms with Crippen LogP contribution in [0.25, 0.3) is 16.9 Å². The highest BCUT2D eigenvalue weighted by atomic mass is 32.1. The van der Waals surface area contributed by atoms with Gasteiger partial charge in [-0.3, -0.25) is 4.79 Å². The van der Waals surface area contributed by atoms with E-state index in [1.54, 1.807) is 16.9 Å². The van der Waals surface area contributed by atoms with Crippen LogP contribution in [0.5, 0.6) is 0 Å². The zero-order chi connectivity index (χ0) is 19.5. The molecule has 1 aromatic carbocycles. The van der Waals surface area contributed by atoms with Crippen LogP contribution in [0.2, 0.25) is 0 Å². The van der Waals surface area contributed by atoms with Gasteiger partial charge in [-0.1, -0.05) is 29.8 Å². The zero-order valence-electron chi connectivity index (χ0n) is 15.7. The lowest BCUT2D eigenvalue weighted by Crippen LogP contribution is -2.03. The predicted octanol–water partition coefficient (Wildman–Crippen LogP) is 5.07. The molecular weight excluding hydrogens is 368 g/mol. The van der Waals surface area contributed by atoms with Gasteiger partial charge in [0, 0.05) is 24.0 Å². The van der Waals surface area contributed by atoms with E-state index in [4.69, 9.17) is 0 Å². The minimum atomic E-state index is -0.0492. The summed E-state index contributed by atoms with van der Waals surface area (Å²) < 4.78 is 1.73. The van der Waals surface area contributed by atoms with Gasteiger partial charge in [0.05, 0.1) is 22.3 Å². The van der Waals surface area contributed by atoms with E-state index in [0.717, 1.165) is 23.5 Å². The van der Waals surface area contributed by atoms with Crippen molar-refractivity contribution in [2.75, 3.05) is 11.9 Å². The third kappa shape index (κ3) is 3.46. The number of nitrogens with one attached hydrogen (secondary N) is 1. The van der Waals surface area contributed by atoms with Crippen molar-refractivity contribution in [1.82, 2.24) is 14.6 Å². The molecule has 0 aliphatic heterocycles. The van der Waals surface area contributed by atoms with Crippen LogP contribution in [0.15, 0.2) is 71.9 Å². The molecule has 140 valence electrons. The number of allylic oxidation sites excluding steroid dienone is 1. The average Bonchev–Trinajstić information content (AvgIpc) is 3.41. The van der Waals surface area contributed by atoms with Gasteiger partial charge in [-0.05, 0) is 43.5 Å². The van der Waals surface area contributed by atoms with Crippen molar-refractivity contribution in [3.8, 4) is 11.3 Å². The number of carbonyl (C=O) groups excluding carboxylic acids is 1. The molecule has 0 spiro atoms. The number of nitrogens with zero attached hydrogens (tertiary/aromatic N) is 3. The van der Waals surface area contributed by atoms with Crippen LogP contribution in [0.3, 0.4) is 0 Å². The molecule has 5 nitrogen and oxygen atoms in total. The zero-order valence-corrected chi connectivity index (χ0v) is 16.5. The molecule has 0 amide bonds. The van der Waals surface area contributed by atoms with E-state index in [0.29, 0.717) is 16.1 Å². The minimum Gasteiger partial charge on any atom is -0.381 e. The number of rotatable bonds is 6. The fourth-order valence-electron chi connectivity index (χ4n) is 2.94. The lowest BCUT2D eigenvalue weighted by atomic mass is 10.1. The summed E-state index contributed by atoms with van der Waals surface area (Å²) in [5.74, 6) is -0.0492. The van der Waals surface area contributed by atoms with E-state index in [2.05, 4.69) is 34.5 Å². The van der Waals surface area contributed by atoms with Gasteiger partial charge < -0.3 is 5.32 Å². The van der Waals surface area contributed by atoms with E-state index in [1.165, 1.54) is 16.9 Å². The van der Waals surface area contributed by atoms with Crippen molar-refractivity contribution in [3.05, 3.63) is 82.3 Å². The Morgan fingerprint density at radius 1 is 1.25 bits per heavy atom. The van der Waals surface area contributed by atoms with Gasteiger partial charge >= 0.3 is 0 Å². The number of carbonyl (C=O) groups is 1. The van der Waals surface area contributed by atoms with Crippen molar-refractivity contribution in [2.45, 2.75) is 13.8 Å². The SMILES string of the molecule is CC=C(C)CNc1cccc(-c2ccnc3c(C(=O)c4cccs4)cnn23)c1. The van der Waals surface area contributed by atoms with Crippen molar-refractivity contribution < 1.29 is 4.79 Å². The molecule has 4 rings (SSSR count). The fraction of sp³-hybridized carbons (Fsp3) is 0.136. The molecular formula is C22H20N4OS. The summed E-state index contributed by atoms with van der Waals surface area (Å²) in [5, 5.41) is 9.78. The molecule has 0 saturated carbocycles. The Hall–Kier alpha value is -3.25. The van der Waals surface area contributed by atoms with E-state index < -0.39 is 0 Å². The van der Waals surface area contributed by atoms with Crippen molar-refractivity contribution in [2.24, 2.45) is 0 Å². The smallest absolute Gasteiger partial charge is 0.208 e. The maximum atomic E-state index is 12.8. The molecule has 1 N–H and O–H groups in total. The van der Waals surface area contributed by atoms with Crippen LogP contribution in [-0.4, -0.2) is 26.9 Å². The van der Waals surface area contributed by atoms with Gasteiger partial charge in [0.25, 0.3) is 0 Å². The largest absolute Gasteiger partial charge is 0.381 e. The molecule has 0 fully saturated rings. The van der Waals surface area contributed by atoms with Crippen LogP contribution < -0.4 is 5.32 Å². The second kappa shape index (κ2) is 7.78. The van der Waals surface area contributed by atoms with Gasteiger partial charge in [-0.25, -0.2) is 9.50 Å². The number of aromatic nitrogens is 3. The number of thiophene rings is 1. The Bertz CT molecular complexity index is 1160. The maximum Gasteiger partial charge on any atom is 0.208 e. The van der Waals surface area contributed by atoms with Crippen LogP contribution in [0.4, 0.5) is 5.69 Å². The Balaban J connectivity index is 1.71. The molecule has 0 saturated heterocycles. The number of ketones is 1. The Morgan fingerprint density at radius 3 is 2.93 bits per heavy atom. The van der Waals surface area contributed by atoms with Gasteiger partial charge in [-0.2, -0.15) is 5.10 Å².